The molecule has 2 atom stereocenters. The minimum Gasteiger partial charge on any atom is -0.353 e. The van der Waals surface area contributed by atoms with E-state index in [0.29, 0.717) is 6.42 Å². The van der Waals surface area contributed by atoms with E-state index in [1.165, 1.54) is 16.7 Å². The van der Waals surface area contributed by atoms with Crippen LogP contribution in [0.25, 0.3) is 0 Å². The molecule has 0 saturated carbocycles. The van der Waals surface area contributed by atoms with Crippen molar-refractivity contribution in [1.82, 2.24) is 5.32 Å². The van der Waals surface area contributed by atoms with Crippen molar-refractivity contribution in [2.24, 2.45) is 0 Å². The zero-order chi connectivity index (χ0) is 11.9. The number of nitrogens with one attached hydrogen (secondary N) is 1. The maximum absolute atomic E-state index is 11.5. The molecule has 1 heterocycles. The van der Waals surface area contributed by atoms with E-state index in [1.807, 2.05) is 0 Å². The van der Waals surface area contributed by atoms with Gasteiger partial charge in [-0.1, -0.05) is 25.1 Å². The lowest BCUT2D eigenvalue weighted by Crippen LogP contribution is -2.35. The Morgan fingerprint density at radius 1 is 1.31 bits per heavy atom. The molecule has 0 spiro atoms. The SMILES string of the molecule is Cc1ccc(C2(C)CC(=O)NC2C)cc1C. The molecule has 1 aromatic carbocycles. The van der Waals surface area contributed by atoms with Gasteiger partial charge >= 0.3 is 0 Å². The summed E-state index contributed by atoms with van der Waals surface area (Å²) in [5.41, 5.74) is 3.80. The predicted molar refractivity (Wildman–Crippen MR) is 65.5 cm³/mol. The number of rotatable bonds is 1. The predicted octanol–water partition coefficient (Wildman–Crippen LogP) is 2.47. The number of carbonyl (C=O) groups excluding carboxylic acids is 1. The van der Waals surface area contributed by atoms with Crippen molar-refractivity contribution >= 4 is 5.91 Å². The molecule has 1 saturated heterocycles. The quantitative estimate of drug-likeness (QED) is 0.769. The van der Waals surface area contributed by atoms with E-state index < -0.39 is 0 Å². The van der Waals surface area contributed by atoms with Gasteiger partial charge in [-0.3, -0.25) is 4.79 Å². The summed E-state index contributed by atoms with van der Waals surface area (Å²) in [5.74, 6) is 0.160. The first-order chi connectivity index (χ1) is 7.43. The van der Waals surface area contributed by atoms with Crippen LogP contribution in [0.5, 0.6) is 0 Å². The molecule has 1 fully saturated rings. The number of hydrogen-bond donors (Lipinski definition) is 1. The second-order valence-corrected chi connectivity index (χ2v) is 5.18. The number of carbonyl (C=O) groups is 1. The molecule has 1 aliphatic rings. The molecular weight excluding hydrogens is 198 g/mol. The van der Waals surface area contributed by atoms with E-state index in [1.54, 1.807) is 0 Å². The summed E-state index contributed by atoms with van der Waals surface area (Å²) in [7, 11) is 0. The lowest BCUT2D eigenvalue weighted by molar-refractivity contribution is -0.119. The summed E-state index contributed by atoms with van der Waals surface area (Å²) < 4.78 is 0. The van der Waals surface area contributed by atoms with Crippen LogP contribution in [0.15, 0.2) is 18.2 Å². The van der Waals surface area contributed by atoms with Crippen LogP contribution in [0.1, 0.15) is 37.0 Å². The molecule has 1 amide bonds. The molecule has 0 bridgehead atoms. The summed E-state index contributed by atoms with van der Waals surface area (Å²) in [5, 5.41) is 3.00. The average molecular weight is 217 g/mol. The van der Waals surface area contributed by atoms with Gasteiger partial charge in [-0.05, 0) is 37.5 Å². The standard InChI is InChI=1S/C14H19NO/c1-9-5-6-12(7-10(9)2)14(4)8-13(16)15-11(14)3/h5-7,11H,8H2,1-4H3,(H,15,16). The number of hydrogen-bond acceptors (Lipinski definition) is 1. The van der Waals surface area contributed by atoms with Crippen molar-refractivity contribution in [3.8, 4) is 0 Å². The first kappa shape index (κ1) is 11.2. The topological polar surface area (TPSA) is 29.1 Å². The Hall–Kier alpha value is -1.31. The molecule has 0 radical (unpaired) electrons. The van der Waals surface area contributed by atoms with E-state index in [9.17, 15) is 4.79 Å². The van der Waals surface area contributed by atoms with Gasteiger partial charge in [-0.15, -0.1) is 0 Å². The first-order valence-corrected chi connectivity index (χ1v) is 5.80. The van der Waals surface area contributed by atoms with Gasteiger partial charge in [0.05, 0.1) is 0 Å². The Bertz CT molecular complexity index is 438. The zero-order valence-corrected chi connectivity index (χ0v) is 10.4. The van der Waals surface area contributed by atoms with Gasteiger partial charge in [0, 0.05) is 17.9 Å². The molecule has 0 aliphatic carbocycles. The molecule has 1 aliphatic heterocycles. The van der Waals surface area contributed by atoms with Crippen LogP contribution in [0.3, 0.4) is 0 Å². The van der Waals surface area contributed by atoms with Crippen LogP contribution in [-0.2, 0) is 10.2 Å². The van der Waals surface area contributed by atoms with E-state index in [0.717, 1.165) is 0 Å². The maximum atomic E-state index is 11.5. The number of benzene rings is 1. The van der Waals surface area contributed by atoms with Gasteiger partial charge in [0.1, 0.15) is 0 Å². The maximum Gasteiger partial charge on any atom is 0.221 e. The molecule has 2 rings (SSSR count). The van der Waals surface area contributed by atoms with E-state index in [2.05, 4.69) is 51.2 Å². The van der Waals surface area contributed by atoms with Crippen LogP contribution >= 0.6 is 0 Å². The van der Waals surface area contributed by atoms with Gasteiger partial charge < -0.3 is 5.32 Å². The highest BCUT2D eigenvalue weighted by Gasteiger charge is 2.41. The Morgan fingerprint density at radius 2 is 2.00 bits per heavy atom. The minimum atomic E-state index is -0.0600. The second kappa shape index (κ2) is 3.62. The van der Waals surface area contributed by atoms with Gasteiger partial charge in [-0.25, -0.2) is 0 Å². The lowest BCUT2D eigenvalue weighted by Gasteiger charge is -2.28. The number of aryl methyl sites for hydroxylation is 2. The molecule has 2 heteroatoms. The Labute approximate surface area is 97.1 Å². The summed E-state index contributed by atoms with van der Waals surface area (Å²) in [6.45, 7) is 8.49. The zero-order valence-electron chi connectivity index (χ0n) is 10.4. The summed E-state index contributed by atoms with van der Waals surface area (Å²) in [6, 6.07) is 6.72. The van der Waals surface area contributed by atoms with Crippen molar-refractivity contribution in [2.45, 2.75) is 45.6 Å². The molecular formula is C14H19NO. The van der Waals surface area contributed by atoms with Crippen LogP contribution in [0, 0.1) is 13.8 Å². The fourth-order valence-corrected chi connectivity index (χ4v) is 2.39. The average Bonchev–Trinajstić information content (AvgIpc) is 2.46. The van der Waals surface area contributed by atoms with Crippen LogP contribution in [-0.4, -0.2) is 11.9 Å². The fraction of sp³-hybridized carbons (Fsp3) is 0.500. The minimum absolute atomic E-state index is 0.0600. The normalized spacial score (nSPS) is 29.2. The van der Waals surface area contributed by atoms with E-state index >= 15 is 0 Å². The van der Waals surface area contributed by atoms with Crippen molar-refractivity contribution in [3.05, 3.63) is 34.9 Å². The second-order valence-electron chi connectivity index (χ2n) is 5.18. The lowest BCUT2D eigenvalue weighted by atomic mass is 9.76. The highest BCUT2D eigenvalue weighted by molar-refractivity contribution is 5.81. The largest absolute Gasteiger partial charge is 0.353 e. The summed E-state index contributed by atoms with van der Waals surface area (Å²) >= 11 is 0. The molecule has 16 heavy (non-hydrogen) atoms. The first-order valence-electron chi connectivity index (χ1n) is 5.80. The molecule has 0 aromatic heterocycles. The van der Waals surface area contributed by atoms with Gasteiger partial charge in [0.15, 0.2) is 0 Å². The van der Waals surface area contributed by atoms with Crippen LogP contribution in [0.4, 0.5) is 0 Å². The Balaban J connectivity index is 2.43. The highest BCUT2D eigenvalue weighted by atomic mass is 16.2. The van der Waals surface area contributed by atoms with Crippen molar-refractivity contribution < 1.29 is 4.79 Å². The van der Waals surface area contributed by atoms with Crippen molar-refractivity contribution in [3.63, 3.8) is 0 Å². The van der Waals surface area contributed by atoms with E-state index in [-0.39, 0.29) is 17.4 Å². The van der Waals surface area contributed by atoms with Crippen molar-refractivity contribution in [2.75, 3.05) is 0 Å². The molecule has 86 valence electrons. The molecule has 1 N–H and O–H groups in total. The van der Waals surface area contributed by atoms with Gasteiger partial charge in [-0.2, -0.15) is 0 Å². The van der Waals surface area contributed by atoms with Crippen LogP contribution < -0.4 is 5.32 Å². The highest BCUT2D eigenvalue weighted by Crippen LogP contribution is 2.36. The van der Waals surface area contributed by atoms with Gasteiger partial charge in [0.25, 0.3) is 0 Å². The smallest absolute Gasteiger partial charge is 0.221 e. The third kappa shape index (κ3) is 1.62. The molecule has 1 aromatic rings. The Morgan fingerprint density at radius 3 is 2.50 bits per heavy atom. The fourth-order valence-electron chi connectivity index (χ4n) is 2.39. The van der Waals surface area contributed by atoms with Crippen LogP contribution in [0.2, 0.25) is 0 Å². The Kier molecular flexibility index (Phi) is 2.53. The number of amides is 1. The van der Waals surface area contributed by atoms with Gasteiger partial charge in [0.2, 0.25) is 5.91 Å². The monoisotopic (exact) mass is 217 g/mol. The third-order valence-electron chi connectivity index (χ3n) is 4.03. The van der Waals surface area contributed by atoms with E-state index in [4.69, 9.17) is 0 Å². The summed E-state index contributed by atoms with van der Waals surface area (Å²) in [6.07, 6.45) is 0.594. The third-order valence-corrected chi connectivity index (χ3v) is 4.03. The summed E-state index contributed by atoms with van der Waals surface area (Å²) in [4.78, 5) is 11.5. The molecule has 2 unspecified atom stereocenters. The molecule has 2 nitrogen and oxygen atoms in total. The van der Waals surface area contributed by atoms with Crippen molar-refractivity contribution in [1.29, 1.82) is 0 Å².